The molecule has 36 heavy (non-hydrogen) atoms. The quantitative estimate of drug-likeness (QED) is 0.299. The molecule has 0 saturated heterocycles. The number of carbonyl (C=O) groups is 1. The summed E-state index contributed by atoms with van der Waals surface area (Å²) in [5.41, 5.74) is 6.37. The molecule has 0 fully saturated rings. The van der Waals surface area contributed by atoms with Crippen molar-refractivity contribution in [2.24, 2.45) is 5.73 Å². The summed E-state index contributed by atoms with van der Waals surface area (Å²) < 4.78 is 54.7. The highest BCUT2D eigenvalue weighted by molar-refractivity contribution is 6.74. The first-order chi connectivity index (χ1) is 16.4. The van der Waals surface area contributed by atoms with Crippen molar-refractivity contribution < 1.29 is 31.9 Å². The molecule has 1 atom stereocenters. The van der Waals surface area contributed by atoms with Crippen LogP contribution in [0.4, 0.5) is 13.2 Å². The number of nitrogens with two attached hydrogens (primary N) is 1. The molecule has 11 heteroatoms. The van der Waals surface area contributed by atoms with E-state index in [1.54, 1.807) is 12.1 Å². The van der Waals surface area contributed by atoms with Crippen molar-refractivity contribution in [1.29, 1.82) is 0 Å². The van der Waals surface area contributed by atoms with Gasteiger partial charge in [-0.3, -0.25) is 4.79 Å². The highest BCUT2D eigenvalue weighted by Gasteiger charge is 2.37. The maximum atomic E-state index is 13.0. The van der Waals surface area contributed by atoms with E-state index < -0.39 is 26.3 Å². The number of carbonyl (C=O) groups excluding carboxylic acids is 1. The van der Waals surface area contributed by atoms with Crippen LogP contribution in [0, 0.1) is 0 Å². The van der Waals surface area contributed by atoms with E-state index in [-0.39, 0.29) is 28.7 Å². The van der Waals surface area contributed by atoms with Crippen molar-refractivity contribution in [3.63, 3.8) is 0 Å². The molecule has 2 aromatic rings. The molecule has 0 aliphatic carbocycles. The largest absolute Gasteiger partial charge is 0.573 e. The molecule has 1 amide bonds. The molecule has 200 valence electrons. The molecule has 0 aromatic heterocycles. The SMILES string of the molecule is COc1c(CC(CCO[Si](C)(C)C(C)(C)C)c2ccc(Cl)c(Cl)c2)cc(OC(F)(F)F)cc1C(N)=O. The van der Waals surface area contributed by atoms with Gasteiger partial charge in [-0.2, -0.15) is 0 Å². The Balaban J connectivity index is 2.50. The zero-order chi connectivity index (χ0) is 27.5. The Morgan fingerprint density at radius 1 is 1.08 bits per heavy atom. The Bertz CT molecular complexity index is 1090. The molecule has 0 radical (unpaired) electrons. The molecular weight excluding hydrogens is 534 g/mol. The van der Waals surface area contributed by atoms with Gasteiger partial charge >= 0.3 is 6.36 Å². The topological polar surface area (TPSA) is 70.8 Å². The first-order valence-electron chi connectivity index (χ1n) is 11.3. The molecule has 0 saturated carbocycles. The molecule has 0 spiro atoms. The number of methoxy groups -OCH3 is 1. The summed E-state index contributed by atoms with van der Waals surface area (Å²) in [6.45, 7) is 11.1. The number of alkyl halides is 3. The summed E-state index contributed by atoms with van der Waals surface area (Å²) in [6, 6.07) is 7.32. The zero-order valence-corrected chi connectivity index (χ0v) is 23.7. The van der Waals surface area contributed by atoms with Crippen LogP contribution in [0.1, 0.15) is 54.6 Å². The van der Waals surface area contributed by atoms with Crippen LogP contribution in [0.3, 0.4) is 0 Å². The van der Waals surface area contributed by atoms with Gasteiger partial charge in [0.05, 0.1) is 22.7 Å². The average molecular weight is 567 g/mol. The van der Waals surface area contributed by atoms with E-state index in [2.05, 4.69) is 38.6 Å². The molecule has 0 aliphatic heterocycles. The van der Waals surface area contributed by atoms with Crippen LogP contribution in [0.25, 0.3) is 0 Å². The van der Waals surface area contributed by atoms with E-state index in [9.17, 15) is 18.0 Å². The lowest BCUT2D eigenvalue weighted by Crippen LogP contribution is -2.41. The minimum atomic E-state index is -4.94. The van der Waals surface area contributed by atoms with Gasteiger partial charge in [-0.25, -0.2) is 0 Å². The van der Waals surface area contributed by atoms with Gasteiger partial charge in [0, 0.05) is 6.61 Å². The molecule has 0 bridgehead atoms. The van der Waals surface area contributed by atoms with E-state index in [1.807, 2.05) is 6.07 Å². The van der Waals surface area contributed by atoms with E-state index in [4.69, 9.17) is 38.1 Å². The van der Waals surface area contributed by atoms with E-state index in [0.29, 0.717) is 28.6 Å². The average Bonchev–Trinajstić information content (AvgIpc) is 2.72. The van der Waals surface area contributed by atoms with Crippen LogP contribution in [0.2, 0.25) is 28.2 Å². The monoisotopic (exact) mass is 565 g/mol. The highest BCUT2D eigenvalue weighted by Crippen LogP contribution is 2.39. The summed E-state index contributed by atoms with van der Waals surface area (Å²) in [4.78, 5) is 12.0. The van der Waals surface area contributed by atoms with Crippen molar-refractivity contribution >= 4 is 37.4 Å². The zero-order valence-electron chi connectivity index (χ0n) is 21.2. The number of ether oxygens (including phenoxy) is 2. The van der Waals surface area contributed by atoms with Crippen LogP contribution in [0.15, 0.2) is 30.3 Å². The first kappa shape index (κ1) is 30.3. The smallest absolute Gasteiger partial charge is 0.496 e. The second kappa shape index (κ2) is 11.6. The fraction of sp³-hybridized carbons (Fsp3) is 0.480. The minimum absolute atomic E-state index is 0.00888. The molecule has 5 nitrogen and oxygen atoms in total. The van der Waals surface area contributed by atoms with E-state index in [0.717, 1.165) is 11.6 Å². The third-order valence-corrected chi connectivity index (χ3v) is 11.7. The lowest BCUT2D eigenvalue weighted by Gasteiger charge is -2.36. The van der Waals surface area contributed by atoms with Crippen LogP contribution in [-0.2, 0) is 10.8 Å². The number of hydrogen-bond donors (Lipinski definition) is 1. The van der Waals surface area contributed by atoms with Gasteiger partial charge in [0.1, 0.15) is 11.5 Å². The molecule has 2 N–H and O–H groups in total. The fourth-order valence-corrected chi connectivity index (χ4v) is 4.89. The Morgan fingerprint density at radius 3 is 2.22 bits per heavy atom. The van der Waals surface area contributed by atoms with Crippen LogP contribution >= 0.6 is 23.2 Å². The van der Waals surface area contributed by atoms with E-state index in [1.165, 1.54) is 13.2 Å². The highest BCUT2D eigenvalue weighted by atomic mass is 35.5. The molecule has 2 aromatic carbocycles. The van der Waals surface area contributed by atoms with Gasteiger partial charge in [0.15, 0.2) is 8.32 Å². The predicted molar refractivity (Wildman–Crippen MR) is 139 cm³/mol. The number of primary amides is 1. The van der Waals surface area contributed by atoms with Crippen molar-refractivity contribution in [3.05, 3.63) is 57.1 Å². The number of benzene rings is 2. The number of rotatable bonds is 10. The number of hydrogen-bond acceptors (Lipinski definition) is 4. The van der Waals surface area contributed by atoms with Gasteiger partial charge in [0.2, 0.25) is 0 Å². The summed E-state index contributed by atoms with van der Waals surface area (Å²) >= 11 is 12.4. The summed E-state index contributed by atoms with van der Waals surface area (Å²) in [5.74, 6) is -1.65. The summed E-state index contributed by atoms with van der Waals surface area (Å²) in [5, 5.41) is 0.740. The van der Waals surface area contributed by atoms with Gasteiger partial charge in [-0.05, 0) is 72.3 Å². The lowest BCUT2D eigenvalue weighted by atomic mass is 9.88. The summed E-state index contributed by atoms with van der Waals surface area (Å²) in [7, 11) is -0.716. The van der Waals surface area contributed by atoms with Crippen molar-refractivity contribution in [2.75, 3.05) is 13.7 Å². The van der Waals surface area contributed by atoms with Crippen LogP contribution < -0.4 is 15.2 Å². The summed E-state index contributed by atoms with van der Waals surface area (Å²) in [6.07, 6.45) is -4.21. The molecule has 2 rings (SSSR count). The third-order valence-electron chi connectivity index (χ3n) is 6.46. The van der Waals surface area contributed by atoms with Crippen LogP contribution in [0.5, 0.6) is 11.5 Å². The lowest BCUT2D eigenvalue weighted by molar-refractivity contribution is -0.274. The molecular formula is C25H32Cl2F3NO4Si. The van der Waals surface area contributed by atoms with Gasteiger partial charge in [-0.1, -0.05) is 50.0 Å². The Morgan fingerprint density at radius 2 is 1.72 bits per heavy atom. The normalized spacial score (nSPS) is 13.4. The van der Waals surface area contributed by atoms with Crippen molar-refractivity contribution in [3.8, 4) is 11.5 Å². The standard InChI is InChI=1S/C25H32Cl2F3NO4Si/c1-24(2,3)36(5,6)34-10-9-16(15-7-8-20(26)21(27)13-15)11-17-12-18(35-25(28,29)30)14-19(23(31)32)22(17)33-4/h7-8,12-14,16H,9-11H2,1-6H3,(H2,31,32). The molecule has 1 unspecified atom stereocenters. The fourth-order valence-electron chi connectivity index (χ4n) is 3.52. The molecule has 0 heterocycles. The van der Waals surface area contributed by atoms with E-state index >= 15 is 0 Å². The van der Waals surface area contributed by atoms with Gasteiger partial charge in [0.25, 0.3) is 5.91 Å². The molecule has 0 aliphatic rings. The number of halogens is 5. The minimum Gasteiger partial charge on any atom is -0.496 e. The van der Waals surface area contributed by atoms with Crippen molar-refractivity contribution in [1.82, 2.24) is 0 Å². The Hall–Kier alpha value is -1.94. The number of amides is 1. The third kappa shape index (κ3) is 8.03. The Labute approximate surface area is 221 Å². The van der Waals surface area contributed by atoms with Gasteiger partial charge in [-0.15, -0.1) is 13.2 Å². The maximum absolute atomic E-state index is 13.0. The second-order valence-electron chi connectivity index (χ2n) is 10.0. The first-order valence-corrected chi connectivity index (χ1v) is 15.0. The van der Waals surface area contributed by atoms with Crippen LogP contribution in [-0.4, -0.2) is 34.3 Å². The Kier molecular flexibility index (Phi) is 9.78. The van der Waals surface area contributed by atoms with Gasteiger partial charge < -0.3 is 19.6 Å². The maximum Gasteiger partial charge on any atom is 0.573 e. The second-order valence-corrected chi connectivity index (χ2v) is 15.7. The predicted octanol–water partition coefficient (Wildman–Crippen LogP) is 7.74. The van der Waals surface area contributed by atoms with Crippen molar-refractivity contribution in [2.45, 2.75) is 64.0 Å².